The average molecular weight is 409 g/mol. The normalized spacial score (nSPS) is 20.1. The summed E-state index contributed by atoms with van der Waals surface area (Å²) in [6, 6.07) is 15.0. The van der Waals surface area contributed by atoms with Crippen LogP contribution in [-0.4, -0.2) is 32.9 Å². The van der Waals surface area contributed by atoms with E-state index in [4.69, 9.17) is 4.74 Å². The molecule has 3 aromatic rings. The van der Waals surface area contributed by atoms with Gasteiger partial charge in [0.05, 0.1) is 23.3 Å². The molecular formula is C21H19N3O4S. The van der Waals surface area contributed by atoms with Gasteiger partial charge in [0.15, 0.2) is 4.87 Å². The number of benzene rings is 2. The zero-order valence-corrected chi connectivity index (χ0v) is 16.4. The highest BCUT2D eigenvalue weighted by Crippen LogP contribution is 2.56. The second kappa shape index (κ2) is 6.81. The molecule has 1 atom stereocenters. The number of thioether (sulfide) groups is 1. The van der Waals surface area contributed by atoms with E-state index in [2.05, 4.69) is 4.98 Å². The van der Waals surface area contributed by atoms with Gasteiger partial charge in [-0.25, -0.2) is 9.59 Å². The summed E-state index contributed by atoms with van der Waals surface area (Å²) in [7, 11) is 0. The lowest BCUT2D eigenvalue weighted by atomic mass is 10.2. The van der Waals surface area contributed by atoms with Crippen LogP contribution in [0.3, 0.4) is 0 Å². The van der Waals surface area contributed by atoms with Crippen molar-refractivity contribution in [3.63, 3.8) is 0 Å². The molecule has 1 fully saturated rings. The van der Waals surface area contributed by atoms with Crippen molar-refractivity contribution >= 4 is 40.4 Å². The first-order chi connectivity index (χ1) is 14.1. The average Bonchev–Trinajstić information content (AvgIpc) is 3.35. The molecule has 0 spiro atoms. The largest absolute Gasteiger partial charge is 0.463 e. The Kier molecular flexibility index (Phi) is 4.24. The number of rotatable bonds is 5. The van der Waals surface area contributed by atoms with Gasteiger partial charge in [-0.3, -0.25) is 14.3 Å². The molecule has 1 N–H and O–H groups in total. The molecule has 2 aliphatic rings. The maximum absolute atomic E-state index is 13.0. The molecule has 2 aromatic carbocycles. The summed E-state index contributed by atoms with van der Waals surface area (Å²) in [6.45, 7) is 0.630. The Morgan fingerprint density at radius 1 is 1.14 bits per heavy atom. The number of anilines is 1. The third-order valence-electron chi connectivity index (χ3n) is 5.43. The molecule has 7 nitrogen and oxygen atoms in total. The minimum absolute atomic E-state index is 0.0512. The van der Waals surface area contributed by atoms with Gasteiger partial charge in [0.2, 0.25) is 5.91 Å². The van der Waals surface area contributed by atoms with E-state index in [1.54, 1.807) is 9.47 Å². The first-order valence-electron chi connectivity index (χ1n) is 9.56. The number of fused-ring (bicyclic) bond motifs is 4. The smallest absolute Gasteiger partial charge is 0.343 e. The van der Waals surface area contributed by atoms with E-state index in [1.165, 1.54) is 11.8 Å². The molecule has 0 saturated carbocycles. The molecule has 0 aliphatic carbocycles. The van der Waals surface area contributed by atoms with Crippen LogP contribution >= 0.6 is 11.8 Å². The number of imidazole rings is 1. The molecule has 1 aromatic heterocycles. The number of carbonyl (C=O) groups excluding carboxylic acids is 2. The highest BCUT2D eigenvalue weighted by molar-refractivity contribution is 8.02. The van der Waals surface area contributed by atoms with Crippen LogP contribution < -0.4 is 10.6 Å². The molecule has 148 valence electrons. The summed E-state index contributed by atoms with van der Waals surface area (Å²) in [5.41, 5.74) is 2.22. The standard InChI is InChI=1S/C21H19N3O4S/c25-18-10-11-21(24(18)16-8-3-4-9-17(16)29-21)19(26)28-13-5-12-23-15-7-2-1-6-14(15)22-20(23)27/h1-4,6-9H,5,10-13H2,(H,22,27)/t21-/m1/s1. The van der Waals surface area contributed by atoms with Crippen molar-refractivity contribution in [2.75, 3.05) is 11.5 Å². The van der Waals surface area contributed by atoms with E-state index in [1.807, 2.05) is 48.5 Å². The molecule has 2 aliphatic heterocycles. The number of hydrogen-bond donors (Lipinski definition) is 1. The van der Waals surface area contributed by atoms with Crippen LogP contribution in [0.25, 0.3) is 11.0 Å². The lowest BCUT2D eigenvalue weighted by molar-refractivity contribution is -0.146. The number of ether oxygens (including phenoxy) is 1. The number of carbonyl (C=O) groups is 2. The SMILES string of the molecule is O=C1CC[C@]2(C(=O)OCCCn3c(=O)[nH]c4ccccc43)Sc3ccccc3N12. The number of aryl methyl sites for hydroxylation is 1. The molecule has 3 heterocycles. The Labute approximate surface area is 170 Å². The third-order valence-corrected chi connectivity index (χ3v) is 6.89. The maximum atomic E-state index is 13.0. The number of aromatic amines is 1. The van der Waals surface area contributed by atoms with Gasteiger partial charge >= 0.3 is 11.7 Å². The Bertz CT molecular complexity index is 1180. The van der Waals surface area contributed by atoms with Crippen molar-refractivity contribution < 1.29 is 14.3 Å². The van der Waals surface area contributed by atoms with Crippen LogP contribution in [0.1, 0.15) is 19.3 Å². The van der Waals surface area contributed by atoms with Gasteiger partial charge in [-0.1, -0.05) is 36.0 Å². The maximum Gasteiger partial charge on any atom is 0.343 e. The highest BCUT2D eigenvalue weighted by atomic mass is 32.2. The van der Waals surface area contributed by atoms with Crippen LogP contribution in [0.4, 0.5) is 5.69 Å². The lowest BCUT2D eigenvalue weighted by Gasteiger charge is -2.28. The molecule has 0 bridgehead atoms. The number of amides is 1. The fraction of sp³-hybridized carbons (Fsp3) is 0.286. The Balaban J connectivity index is 1.27. The van der Waals surface area contributed by atoms with Gasteiger partial charge in [-0.05, 0) is 30.7 Å². The fourth-order valence-electron chi connectivity index (χ4n) is 4.10. The van der Waals surface area contributed by atoms with E-state index in [-0.39, 0.29) is 18.2 Å². The Morgan fingerprint density at radius 3 is 2.83 bits per heavy atom. The van der Waals surface area contributed by atoms with Crippen molar-refractivity contribution in [1.29, 1.82) is 0 Å². The zero-order chi connectivity index (χ0) is 20.0. The molecule has 8 heteroatoms. The predicted octanol–water partition coefficient (Wildman–Crippen LogP) is 2.89. The second-order valence-electron chi connectivity index (χ2n) is 7.17. The van der Waals surface area contributed by atoms with Crippen molar-refractivity contribution in [3.8, 4) is 0 Å². The summed E-state index contributed by atoms with van der Waals surface area (Å²) >= 11 is 1.40. The van der Waals surface area contributed by atoms with Gasteiger partial charge in [0.1, 0.15) is 0 Å². The van der Waals surface area contributed by atoms with Gasteiger partial charge in [0, 0.05) is 24.3 Å². The van der Waals surface area contributed by atoms with Gasteiger partial charge in [-0.2, -0.15) is 0 Å². The summed E-state index contributed by atoms with van der Waals surface area (Å²) in [6.07, 6.45) is 1.28. The lowest BCUT2D eigenvalue weighted by Crippen LogP contribution is -2.47. The monoisotopic (exact) mass is 409 g/mol. The number of H-pyrrole nitrogens is 1. The van der Waals surface area contributed by atoms with E-state index in [0.29, 0.717) is 25.8 Å². The van der Waals surface area contributed by atoms with Crippen LogP contribution in [0.2, 0.25) is 0 Å². The summed E-state index contributed by atoms with van der Waals surface area (Å²) in [5, 5.41) is 0. The number of esters is 1. The Hall–Kier alpha value is -3.00. The summed E-state index contributed by atoms with van der Waals surface area (Å²) in [5.74, 6) is -0.444. The summed E-state index contributed by atoms with van der Waals surface area (Å²) in [4.78, 5) is 41.9. The molecule has 0 radical (unpaired) electrons. The van der Waals surface area contributed by atoms with Crippen molar-refractivity contribution in [3.05, 3.63) is 59.0 Å². The molecule has 1 amide bonds. The molecule has 29 heavy (non-hydrogen) atoms. The molecular weight excluding hydrogens is 390 g/mol. The van der Waals surface area contributed by atoms with E-state index >= 15 is 0 Å². The molecule has 0 unspecified atom stereocenters. The zero-order valence-electron chi connectivity index (χ0n) is 15.6. The Morgan fingerprint density at radius 2 is 1.93 bits per heavy atom. The number of para-hydroxylation sites is 3. The van der Waals surface area contributed by atoms with Crippen molar-refractivity contribution in [1.82, 2.24) is 9.55 Å². The van der Waals surface area contributed by atoms with Gasteiger partial charge < -0.3 is 9.72 Å². The number of nitrogens with zero attached hydrogens (tertiary/aromatic N) is 2. The van der Waals surface area contributed by atoms with Crippen LogP contribution in [-0.2, 0) is 20.9 Å². The first kappa shape index (κ1) is 18.1. The molecule has 5 rings (SSSR count). The number of hydrogen-bond acceptors (Lipinski definition) is 5. The third kappa shape index (κ3) is 2.78. The number of nitrogens with one attached hydrogen (secondary N) is 1. The van der Waals surface area contributed by atoms with E-state index < -0.39 is 10.8 Å². The summed E-state index contributed by atoms with van der Waals surface area (Å²) < 4.78 is 7.23. The van der Waals surface area contributed by atoms with Crippen LogP contribution in [0.15, 0.2) is 58.2 Å². The van der Waals surface area contributed by atoms with Gasteiger partial charge in [-0.15, -0.1) is 0 Å². The minimum atomic E-state index is -1.00. The minimum Gasteiger partial charge on any atom is -0.463 e. The number of aromatic nitrogens is 2. The fourth-order valence-corrected chi connectivity index (χ4v) is 5.51. The topological polar surface area (TPSA) is 84.4 Å². The van der Waals surface area contributed by atoms with Crippen LogP contribution in [0.5, 0.6) is 0 Å². The van der Waals surface area contributed by atoms with Gasteiger partial charge in [0.25, 0.3) is 0 Å². The first-order valence-corrected chi connectivity index (χ1v) is 10.4. The second-order valence-corrected chi connectivity index (χ2v) is 8.49. The molecule has 1 saturated heterocycles. The van der Waals surface area contributed by atoms with E-state index in [9.17, 15) is 14.4 Å². The van der Waals surface area contributed by atoms with Crippen LogP contribution in [0, 0.1) is 0 Å². The van der Waals surface area contributed by atoms with E-state index in [0.717, 1.165) is 21.6 Å². The predicted molar refractivity (Wildman–Crippen MR) is 110 cm³/mol. The van der Waals surface area contributed by atoms with Crippen molar-refractivity contribution in [2.24, 2.45) is 0 Å². The quantitative estimate of drug-likeness (QED) is 0.517. The van der Waals surface area contributed by atoms with Crippen molar-refractivity contribution in [2.45, 2.75) is 35.6 Å². The highest BCUT2D eigenvalue weighted by Gasteiger charge is 2.58.